The van der Waals surface area contributed by atoms with Crippen LogP contribution in [0.1, 0.15) is 0 Å². The highest BCUT2D eigenvalue weighted by Gasteiger charge is 2.26. The van der Waals surface area contributed by atoms with E-state index >= 15 is 0 Å². The molecule has 0 atom stereocenters. The van der Waals surface area contributed by atoms with Gasteiger partial charge in [0.25, 0.3) is 22.2 Å². The highest BCUT2D eigenvalue weighted by Crippen LogP contribution is 2.35. The molecule has 18 rings (SSSR count). The maximum Gasteiger partial charge on any atom is 0.284 e. The van der Waals surface area contributed by atoms with Crippen molar-refractivity contribution in [3.63, 3.8) is 0 Å². The molecule has 584 valence electrons. The van der Waals surface area contributed by atoms with Gasteiger partial charge < -0.3 is 79.9 Å². The third-order valence-corrected chi connectivity index (χ3v) is 18.6. The van der Waals surface area contributed by atoms with Crippen LogP contribution in [0.25, 0.3) is 112 Å². The Hall–Kier alpha value is -16.3. The maximum atomic E-state index is 13.6. The molecule has 18 aromatic rings. The van der Waals surface area contributed by atoms with Crippen LogP contribution in [-0.2, 0) is 0 Å². The molecule has 14 N–H and O–H groups in total. The van der Waals surface area contributed by atoms with Crippen molar-refractivity contribution in [1.82, 2.24) is 79.0 Å². The molecule has 0 unspecified atom stereocenters. The number of nitrogens with zero attached hydrogens (tertiary/aromatic N) is 8. The summed E-state index contributed by atoms with van der Waals surface area (Å²) in [6.07, 6.45) is 0. The van der Waals surface area contributed by atoms with E-state index in [0.717, 1.165) is 55.5 Å². The van der Waals surface area contributed by atoms with Crippen LogP contribution in [0, 0.1) is 0 Å². The van der Waals surface area contributed by atoms with Crippen molar-refractivity contribution in [3.8, 4) is 114 Å². The molecule has 8 heterocycles. The first-order chi connectivity index (χ1) is 56.5. The zero-order chi connectivity index (χ0) is 80.7. The van der Waals surface area contributed by atoms with Crippen LogP contribution in [-0.4, -0.2) is 136 Å². The Morgan fingerprint density at radius 3 is 0.733 bits per heavy atom. The molecule has 32 heteroatoms. The number of benzene rings is 10. The molecule has 32 nitrogen and oxygen atoms in total. The van der Waals surface area contributed by atoms with E-state index in [9.17, 15) is 19.2 Å². The lowest BCUT2D eigenvalue weighted by molar-refractivity contribution is 0.393. The van der Waals surface area contributed by atoms with Crippen molar-refractivity contribution in [2.45, 2.75) is 0 Å². The lowest BCUT2D eigenvalue weighted by atomic mass is 10.2. The number of nitrogens with two attached hydrogens (primary N) is 2. The van der Waals surface area contributed by atoms with Gasteiger partial charge in [0.2, 0.25) is 0 Å². The van der Waals surface area contributed by atoms with Crippen molar-refractivity contribution < 1.29 is 37.9 Å². The van der Waals surface area contributed by atoms with Gasteiger partial charge >= 0.3 is 0 Å². The summed E-state index contributed by atoms with van der Waals surface area (Å²) in [5.74, 6) is 7.77. The molecule has 10 aromatic carbocycles. The van der Waals surface area contributed by atoms with Gasteiger partial charge in [-0.15, -0.1) is 0 Å². The van der Waals surface area contributed by atoms with Crippen molar-refractivity contribution in [3.05, 3.63) is 272 Å². The standard InChI is InChI=1S/2C24H21N5O3.2C18H17N5O3/c2*1-31-17-12-16(13-18(14-17)32-2)29-24(30)21(22-26-19-10-6-7-11-20(19)27-22)23(28-29)25-15-8-4-3-5-9-15;2*1-25-11-7-10(8-12(9-11)26-2)23-18(24)15(16(19)22-23)17-20-13-5-3-4-6-14(13)21-17/h2*3-14,25,28H,1-2H3,(H,26,27);2*3-9,22H,19H2,1-2H3,(H,20,21). The van der Waals surface area contributed by atoms with Crippen LogP contribution in [0.5, 0.6) is 46.0 Å². The molecular formula is C84H76N20O12. The monoisotopic (exact) mass is 1560 g/mol. The number of anilines is 6. The van der Waals surface area contributed by atoms with Crippen molar-refractivity contribution >= 4 is 78.8 Å². The molecular weight excluding hydrogens is 1480 g/mol. The van der Waals surface area contributed by atoms with Gasteiger partial charge in [0.15, 0.2) is 0 Å². The number of nitrogens with one attached hydrogen (secondary N) is 10. The van der Waals surface area contributed by atoms with E-state index in [1.54, 1.807) is 130 Å². The molecule has 0 aliphatic carbocycles. The number of rotatable bonds is 20. The molecule has 0 saturated heterocycles. The van der Waals surface area contributed by atoms with E-state index in [1.165, 1.54) is 18.7 Å². The van der Waals surface area contributed by atoms with Crippen LogP contribution in [0.4, 0.5) is 34.6 Å². The molecule has 0 aliphatic rings. The quantitative estimate of drug-likeness (QED) is 0.0337. The number of imidazole rings is 4. The Kier molecular flexibility index (Phi) is 21.2. The Balaban J connectivity index is 0.000000122. The van der Waals surface area contributed by atoms with Gasteiger partial charge in [-0.25, -0.2) is 38.7 Å². The fourth-order valence-corrected chi connectivity index (χ4v) is 12.9. The largest absolute Gasteiger partial charge is 0.497 e. The number of hydrogen-bond donors (Lipinski definition) is 12. The number of ether oxygens (including phenoxy) is 8. The second kappa shape index (κ2) is 32.7. The predicted octanol–water partition coefficient (Wildman–Crippen LogP) is 13.6. The van der Waals surface area contributed by atoms with Gasteiger partial charge in [0.1, 0.15) is 115 Å². The molecule has 116 heavy (non-hydrogen) atoms. The van der Waals surface area contributed by atoms with Gasteiger partial charge in [0, 0.05) is 84.2 Å². The van der Waals surface area contributed by atoms with Crippen LogP contribution >= 0.6 is 0 Å². The van der Waals surface area contributed by atoms with Crippen molar-refractivity contribution in [2.24, 2.45) is 0 Å². The van der Waals surface area contributed by atoms with Crippen LogP contribution in [0.2, 0.25) is 0 Å². The maximum absolute atomic E-state index is 13.6. The van der Waals surface area contributed by atoms with E-state index < -0.39 is 0 Å². The summed E-state index contributed by atoms with van der Waals surface area (Å²) in [6.45, 7) is 0. The average molecular weight is 1560 g/mol. The molecule has 0 radical (unpaired) electrons. The summed E-state index contributed by atoms with van der Waals surface area (Å²) in [5, 5.41) is 18.7. The Labute approximate surface area is 657 Å². The first-order valence-corrected chi connectivity index (χ1v) is 35.8. The first-order valence-electron chi connectivity index (χ1n) is 35.8. The second-order valence-electron chi connectivity index (χ2n) is 25.8. The topological polar surface area (TPSA) is 416 Å². The normalized spacial score (nSPS) is 11.0. The fraction of sp³-hybridized carbons (Fsp3) is 0.0952. The van der Waals surface area contributed by atoms with E-state index in [-0.39, 0.29) is 45.0 Å². The molecule has 0 spiro atoms. The highest BCUT2D eigenvalue weighted by atomic mass is 16.5. The summed E-state index contributed by atoms with van der Waals surface area (Å²) in [7, 11) is 12.5. The number of H-pyrrole nitrogens is 8. The van der Waals surface area contributed by atoms with Crippen LogP contribution in [0.3, 0.4) is 0 Å². The number of hydrogen-bond acceptors (Lipinski definition) is 20. The zero-order valence-corrected chi connectivity index (χ0v) is 63.6. The minimum atomic E-state index is -0.322. The minimum absolute atomic E-state index is 0.218. The second-order valence-corrected chi connectivity index (χ2v) is 25.8. The molecule has 0 aliphatic heterocycles. The van der Waals surface area contributed by atoms with Crippen LogP contribution < -0.4 is 82.2 Å². The Bertz CT molecular complexity index is 6210. The molecule has 0 bridgehead atoms. The molecule has 0 amide bonds. The fourth-order valence-electron chi connectivity index (χ4n) is 12.9. The summed E-state index contributed by atoms with van der Waals surface area (Å²) in [5.41, 5.74) is 22.7. The summed E-state index contributed by atoms with van der Waals surface area (Å²) < 4.78 is 48.1. The van der Waals surface area contributed by atoms with Gasteiger partial charge in [0.05, 0.1) is 124 Å². The molecule has 8 aromatic heterocycles. The summed E-state index contributed by atoms with van der Waals surface area (Å²) in [4.78, 5) is 84.1. The number of aromatic amines is 8. The van der Waals surface area contributed by atoms with Crippen molar-refractivity contribution in [1.29, 1.82) is 0 Å². The van der Waals surface area contributed by atoms with Gasteiger partial charge in [-0.3, -0.25) is 39.6 Å². The number of fused-ring (bicyclic) bond motifs is 4. The van der Waals surface area contributed by atoms with Crippen molar-refractivity contribution in [2.75, 3.05) is 79.0 Å². The third kappa shape index (κ3) is 15.4. The molecule has 0 saturated carbocycles. The van der Waals surface area contributed by atoms with Crippen LogP contribution in [0.15, 0.2) is 250 Å². The van der Waals surface area contributed by atoms with E-state index in [0.29, 0.717) is 115 Å². The average Bonchev–Trinajstić information content (AvgIpc) is 1.63. The number of aromatic nitrogens is 16. The summed E-state index contributed by atoms with van der Waals surface area (Å²) in [6, 6.07) is 70.5. The van der Waals surface area contributed by atoms with E-state index in [2.05, 4.69) is 70.9 Å². The number of para-hydroxylation sites is 10. The minimum Gasteiger partial charge on any atom is -0.497 e. The lowest BCUT2D eigenvalue weighted by Crippen LogP contribution is -2.16. The lowest BCUT2D eigenvalue weighted by Gasteiger charge is -2.09. The van der Waals surface area contributed by atoms with Gasteiger partial charge in [-0.1, -0.05) is 84.9 Å². The van der Waals surface area contributed by atoms with Gasteiger partial charge in [-0.2, -0.15) is 0 Å². The van der Waals surface area contributed by atoms with Gasteiger partial charge in [-0.05, 0) is 72.8 Å². The predicted molar refractivity (Wildman–Crippen MR) is 447 cm³/mol. The number of methoxy groups -OCH3 is 8. The zero-order valence-electron chi connectivity index (χ0n) is 63.6. The SMILES string of the molecule is COc1cc(OC)cc(-n2[nH]c(N)c(-c3nc4ccccc4[nH]3)c2=O)c1.COc1cc(OC)cc(-n2[nH]c(N)c(-c3nc4ccccc4[nH]3)c2=O)c1.COc1cc(OC)cc(-n2[nH]c(Nc3ccccc3)c(-c3nc4ccccc4[nH]3)c2=O)c1.COc1cc(OC)cc(-n2[nH]c(Nc3ccccc3)c(-c3nc4ccccc4[nH]3)c2=O)c1. The highest BCUT2D eigenvalue weighted by molar-refractivity contribution is 5.86. The summed E-state index contributed by atoms with van der Waals surface area (Å²) >= 11 is 0. The van der Waals surface area contributed by atoms with E-state index in [4.69, 9.17) is 49.4 Å². The smallest absolute Gasteiger partial charge is 0.284 e. The third-order valence-electron chi connectivity index (χ3n) is 18.6. The molecule has 0 fully saturated rings. The Morgan fingerprint density at radius 2 is 0.491 bits per heavy atom. The first kappa shape index (κ1) is 75.1. The van der Waals surface area contributed by atoms with E-state index in [1.807, 2.05) is 158 Å². The number of nitrogen functional groups attached to an aromatic ring is 2. The Morgan fingerprint density at radius 1 is 0.276 bits per heavy atom.